The van der Waals surface area contributed by atoms with Crippen molar-refractivity contribution in [3.8, 4) is 0 Å². The van der Waals surface area contributed by atoms with Gasteiger partial charge >= 0.3 is 0 Å². The summed E-state index contributed by atoms with van der Waals surface area (Å²) < 4.78 is 12.6. The van der Waals surface area contributed by atoms with Crippen LogP contribution in [0.2, 0.25) is 0 Å². The van der Waals surface area contributed by atoms with Crippen LogP contribution in [-0.2, 0) is 0 Å². The van der Waals surface area contributed by atoms with Crippen molar-refractivity contribution in [3.63, 3.8) is 0 Å². The summed E-state index contributed by atoms with van der Waals surface area (Å²) >= 11 is 0. The second kappa shape index (κ2) is 3.16. The van der Waals surface area contributed by atoms with Gasteiger partial charge in [0.25, 0.3) is 0 Å². The molecule has 1 fully saturated rings. The van der Waals surface area contributed by atoms with Gasteiger partial charge in [-0.15, -0.1) is 0 Å². The van der Waals surface area contributed by atoms with Crippen molar-refractivity contribution in [1.82, 2.24) is 5.32 Å². The van der Waals surface area contributed by atoms with Gasteiger partial charge in [0.1, 0.15) is 6.17 Å². The Kier molecular flexibility index (Phi) is 2.46. The summed E-state index contributed by atoms with van der Waals surface area (Å²) in [5.74, 6) is 0. The summed E-state index contributed by atoms with van der Waals surface area (Å²) in [6.45, 7) is 2.96. The number of rotatable bonds is 0. The first-order valence-corrected chi connectivity index (χ1v) is 3.66. The molecule has 0 amide bonds. The molecule has 9 heavy (non-hydrogen) atoms. The maximum Gasteiger partial charge on any atom is 0.101 e. The van der Waals surface area contributed by atoms with Gasteiger partial charge in [0.05, 0.1) is 0 Å². The van der Waals surface area contributed by atoms with Crippen LogP contribution in [0.25, 0.3) is 0 Å². The molecule has 1 aliphatic rings. The molecule has 1 rings (SSSR count). The topological polar surface area (TPSA) is 12.0 Å². The Balaban J connectivity index is 2.25. The summed E-state index contributed by atoms with van der Waals surface area (Å²) in [5, 5.41) is 3.23. The highest BCUT2D eigenvalue weighted by molar-refractivity contribution is 4.70. The number of nitrogens with one attached hydrogen (secondary N) is 1. The van der Waals surface area contributed by atoms with E-state index in [1.54, 1.807) is 0 Å². The predicted octanol–water partition coefficient (Wildman–Crippen LogP) is 1.49. The van der Waals surface area contributed by atoms with E-state index in [0.29, 0.717) is 12.5 Å². The largest absolute Gasteiger partial charge is 0.314 e. The van der Waals surface area contributed by atoms with Crippen molar-refractivity contribution >= 4 is 0 Å². The van der Waals surface area contributed by atoms with Crippen LogP contribution in [-0.4, -0.2) is 18.8 Å². The Bertz CT molecular complexity index is 75.0. The second-order valence-corrected chi connectivity index (χ2v) is 2.82. The third-order valence-corrected chi connectivity index (χ3v) is 1.86. The van der Waals surface area contributed by atoms with E-state index in [9.17, 15) is 4.39 Å². The Morgan fingerprint density at radius 3 is 2.89 bits per heavy atom. The first-order valence-electron chi connectivity index (χ1n) is 3.66. The molecule has 2 heteroatoms. The van der Waals surface area contributed by atoms with Gasteiger partial charge in [-0.25, -0.2) is 4.39 Å². The van der Waals surface area contributed by atoms with Gasteiger partial charge in [-0.3, -0.25) is 0 Å². The minimum Gasteiger partial charge on any atom is -0.314 e. The third-order valence-electron chi connectivity index (χ3n) is 1.86. The van der Waals surface area contributed by atoms with Crippen LogP contribution < -0.4 is 5.32 Å². The zero-order valence-corrected chi connectivity index (χ0v) is 5.86. The maximum absolute atomic E-state index is 12.6. The highest BCUT2D eigenvalue weighted by Gasteiger charge is 2.13. The SMILES string of the molecule is CC1CCC(F)CCN1. The zero-order chi connectivity index (χ0) is 6.69. The van der Waals surface area contributed by atoms with Gasteiger partial charge in [-0.1, -0.05) is 0 Å². The lowest BCUT2D eigenvalue weighted by molar-refractivity contribution is 0.305. The Morgan fingerprint density at radius 1 is 1.33 bits per heavy atom. The number of halogens is 1. The van der Waals surface area contributed by atoms with E-state index in [0.717, 1.165) is 19.4 Å². The van der Waals surface area contributed by atoms with Crippen molar-refractivity contribution in [2.24, 2.45) is 0 Å². The van der Waals surface area contributed by atoms with Crippen molar-refractivity contribution in [3.05, 3.63) is 0 Å². The van der Waals surface area contributed by atoms with E-state index in [1.165, 1.54) is 0 Å². The fourth-order valence-corrected chi connectivity index (χ4v) is 1.16. The van der Waals surface area contributed by atoms with Crippen LogP contribution in [0.15, 0.2) is 0 Å². The molecule has 1 heterocycles. The molecule has 0 radical (unpaired) electrons. The van der Waals surface area contributed by atoms with Gasteiger partial charge in [0.2, 0.25) is 0 Å². The fourth-order valence-electron chi connectivity index (χ4n) is 1.16. The van der Waals surface area contributed by atoms with E-state index in [4.69, 9.17) is 0 Å². The van der Waals surface area contributed by atoms with Crippen LogP contribution >= 0.6 is 0 Å². The summed E-state index contributed by atoms with van der Waals surface area (Å²) in [5.41, 5.74) is 0. The average Bonchev–Trinajstić information content (AvgIpc) is 1.97. The van der Waals surface area contributed by atoms with E-state index in [1.807, 2.05) is 0 Å². The van der Waals surface area contributed by atoms with E-state index >= 15 is 0 Å². The molecule has 0 aromatic rings. The lowest BCUT2D eigenvalue weighted by Crippen LogP contribution is -2.24. The number of hydrogen-bond donors (Lipinski definition) is 1. The molecule has 1 N–H and O–H groups in total. The van der Waals surface area contributed by atoms with Gasteiger partial charge in [-0.05, 0) is 32.7 Å². The normalized spacial score (nSPS) is 38.0. The van der Waals surface area contributed by atoms with Gasteiger partial charge in [-0.2, -0.15) is 0 Å². The van der Waals surface area contributed by atoms with Gasteiger partial charge in [0, 0.05) is 6.04 Å². The van der Waals surface area contributed by atoms with Crippen molar-refractivity contribution in [2.45, 2.75) is 38.4 Å². The van der Waals surface area contributed by atoms with Gasteiger partial charge < -0.3 is 5.32 Å². The van der Waals surface area contributed by atoms with Crippen LogP contribution in [0.3, 0.4) is 0 Å². The summed E-state index contributed by atoms with van der Waals surface area (Å²) in [6.07, 6.45) is 1.88. The summed E-state index contributed by atoms with van der Waals surface area (Å²) in [7, 11) is 0. The lowest BCUT2D eigenvalue weighted by Gasteiger charge is -2.06. The molecule has 0 aliphatic carbocycles. The second-order valence-electron chi connectivity index (χ2n) is 2.82. The molecule has 0 aromatic carbocycles. The van der Waals surface area contributed by atoms with Gasteiger partial charge in [0.15, 0.2) is 0 Å². The average molecular weight is 131 g/mol. The van der Waals surface area contributed by atoms with Crippen LogP contribution in [0.1, 0.15) is 26.2 Å². The predicted molar refractivity (Wildman–Crippen MR) is 36.2 cm³/mol. The van der Waals surface area contributed by atoms with Crippen LogP contribution in [0.4, 0.5) is 4.39 Å². The quantitative estimate of drug-likeness (QED) is 0.525. The molecule has 1 aliphatic heterocycles. The molecule has 0 spiro atoms. The third kappa shape index (κ3) is 2.31. The summed E-state index contributed by atoms with van der Waals surface area (Å²) in [4.78, 5) is 0. The Hall–Kier alpha value is -0.110. The molecular weight excluding hydrogens is 117 g/mol. The van der Waals surface area contributed by atoms with Crippen molar-refractivity contribution < 1.29 is 4.39 Å². The molecule has 0 saturated carbocycles. The Morgan fingerprint density at radius 2 is 2.11 bits per heavy atom. The first kappa shape index (κ1) is 7.00. The minimum absolute atomic E-state index is 0.519. The first-order chi connectivity index (χ1) is 4.29. The molecule has 1 nitrogen and oxygen atoms in total. The maximum atomic E-state index is 12.6. The van der Waals surface area contributed by atoms with Crippen molar-refractivity contribution in [2.75, 3.05) is 6.54 Å². The molecule has 1 saturated heterocycles. The van der Waals surface area contributed by atoms with E-state index < -0.39 is 6.17 Å². The van der Waals surface area contributed by atoms with E-state index in [2.05, 4.69) is 12.2 Å². The monoisotopic (exact) mass is 131 g/mol. The van der Waals surface area contributed by atoms with Crippen LogP contribution in [0, 0.1) is 0 Å². The molecule has 54 valence electrons. The van der Waals surface area contributed by atoms with E-state index in [-0.39, 0.29) is 0 Å². The molecule has 2 unspecified atom stereocenters. The molecule has 0 aromatic heterocycles. The zero-order valence-electron chi connectivity index (χ0n) is 5.86. The highest BCUT2D eigenvalue weighted by Crippen LogP contribution is 2.11. The summed E-state index contributed by atoms with van der Waals surface area (Å²) in [6, 6.07) is 0.519. The Labute approximate surface area is 55.6 Å². The minimum atomic E-state index is -0.553. The fraction of sp³-hybridized carbons (Fsp3) is 1.00. The number of alkyl halides is 1. The molecule has 0 bridgehead atoms. The molecule has 2 atom stereocenters. The van der Waals surface area contributed by atoms with Crippen LogP contribution in [0.5, 0.6) is 0 Å². The molecular formula is C7H14FN. The lowest BCUT2D eigenvalue weighted by atomic mass is 10.1. The highest BCUT2D eigenvalue weighted by atomic mass is 19.1. The number of hydrogen-bond acceptors (Lipinski definition) is 1. The standard InChI is InChI=1S/C7H14FN/c1-6-2-3-7(8)4-5-9-6/h6-7,9H,2-5H2,1H3. The van der Waals surface area contributed by atoms with Crippen molar-refractivity contribution in [1.29, 1.82) is 0 Å². The smallest absolute Gasteiger partial charge is 0.101 e.